The molecule has 4 heteroatoms. The molecule has 4 nitrogen and oxygen atoms in total. The van der Waals surface area contributed by atoms with E-state index < -0.39 is 0 Å². The molecule has 0 N–H and O–H groups in total. The summed E-state index contributed by atoms with van der Waals surface area (Å²) in [7, 11) is 1.89. The van der Waals surface area contributed by atoms with Crippen molar-refractivity contribution in [2.24, 2.45) is 0 Å². The Kier molecular flexibility index (Phi) is 3.19. The summed E-state index contributed by atoms with van der Waals surface area (Å²) >= 11 is 0. The molecule has 0 saturated carbocycles. The van der Waals surface area contributed by atoms with Crippen LogP contribution in [0.25, 0.3) is 0 Å². The average Bonchev–Trinajstić information content (AvgIpc) is 2.77. The number of benzene rings is 1. The third-order valence-electron chi connectivity index (χ3n) is 4.07. The van der Waals surface area contributed by atoms with Gasteiger partial charge in [-0.05, 0) is 25.1 Å². The van der Waals surface area contributed by atoms with E-state index in [0.717, 1.165) is 31.8 Å². The Morgan fingerprint density at radius 3 is 2.89 bits per heavy atom. The van der Waals surface area contributed by atoms with Crippen molar-refractivity contribution in [2.75, 3.05) is 26.7 Å². The van der Waals surface area contributed by atoms with Gasteiger partial charge in [0.1, 0.15) is 11.9 Å². The third-order valence-corrected chi connectivity index (χ3v) is 4.07. The van der Waals surface area contributed by atoms with E-state index in [4.69, 9.17) is 4.74 Å². The zero-order chi connectivity index (χ0) is 13.4. The summed E-state index contributed by atoms with van der Waals surface area (Å²) in [5.41, 5.74) is 0.682. The van der Waals surface area contributed by atoms with E-state index in [1.54, 1.807) is 0 Å². The fourth-order valence-electron chi connectivity index (χ4n) is 3.07. The quantitative estimate of drug-likeness (QED) is 0.810. The lowest BCUT2D eigenvalue weighted by Crippen LogP contribution is -2.44. The van der Waals surface area contributed by atoms with Crippen molar-refractivity contribution in [1.82, 2.24) is 9.80 Å². The number of fused-ring (bicyclic) bond motifs is 2. The molecule has 0 spiro atoms. The molecule has 1 amide bonds. The molecule has 2 aliphatic rings. The van der Waals surface area contributed by atoms with Gasteiger partial charge in [-0.2, -0.15) is 0 Å². The molecule has 0 aromatic heterocycles. The van der Waals surface area contributed by atoms with Crippen molar-refractivity contribution in [1.29, 1.82) is 0 Å². The number of amides is 1. The van der Waals surface area contributed by atoms with Gasteiger partial charge in [-0.15, -0.1) is 0 Å². The van der Waals surface area contributed by atoms with Crippen LogP contribution < -0.4 is 4.74 Å². The van der Waals surface area contributed by atoms with Crippen LogP contribution >= 0.6 is 0 Å². The molecule has 1 aromatic rings. The lowest BCUT2D eigenvalue weighted by Gasteiger charge is -2.25. The zero-order valence-electron chi connectivity index (χ0n) is 11.5. The number of carbonyl (C=O) groups is 1. The molecule has 2 heterocycles. The Morgan fingerprint density at radius 2 is 2.11 bits per heavy atom. The van der Waals surface area contributed by atoms with Crippen molar-refractivity contribution < 1.29 is 9.53 Å². The number of hydrogen-bond acceptors (Lipinski definition) is 3. The molecule has 0 aliphatic carbocycles. The summed E-state index contributed by atoms with van der Waals surface area (Å²) in [5.74, 6) is 0.798. The smallest absolute Gasteiger partial charge is 0.257 e. The number of nitrogens with zero attached hydrogens (tertiary/aromatic N) is 2. The van der Waals surface area contributed by atoms with Gasteiger partial charge in [0.25, 0.3) is 5.91 Å². The number of rotatable bonds is 2. The largest absolute Gasteiger partial charge is 0.486 e. The zero-order valence-corrected chi connectivity index (χ0v) is 11.5. The topological polar surface area (TPSA) is 32.8 Å². The van der Waals surface area contributed by atoms with Crippen molar-refractivity contribution in [3.8, 4) is 5.75 Å². The van der Waals surface area contributed by atoms with Crippen LogP contribution in [0.15, 0.2) is 24.3 Å². The van der Waals surface area contributed by atoms with Gasteiger partial charge < -0.3 is 9.64 Å². The van der Waals surface area contributed by atoms with Gasteiger partial charge in [-0.3, -0.25) is 9.69 Å². The van der Waals surface area contributed by atoms with Crippen LogP contribution in [0.4, 0.5) is 0 Å². The van der Waals surface area contributed by atoms with E-state index in [1.807, 2.05) is 36.2 Å². The number of hydrogen-bond donors (Lipinski definition) is 0. The van der Waals surface area contributed by atoms with Crippen LogP contribution in [-0.2, 0) is 0 Å². The summed E-state index contributed by atoms with van der Waals surface area (Å²) in [5, 5.41) is 0. The maximum atomic E-state index is 12.5. The molecule has 0 bridgehead atoms. The minimum Gasteiger partial charge on any atom is -0.486 e. The maximum absolute atomic E-state index is 12.5. The van der Waals surface area contributed by atoms with Gasteiger partial charge >= 0.3 is 0 Å². The normalized spacial score (nSPS) is 26.6. The molecule has 102 valence electrons. The number of likely N-dealkylation sites (N-methyl/N-ethyl adjacent to an activating group) is 1. The van der Waals surface area contributed by atoms with Crippen molar-refractivity contribution in [3.05, 3.63) is 29.8 Å². The maximum Gasteiger partial charge on any atom is 0.257 e. The van der Waals surface area contributed by atoms with Gasteiger partial charge in [-0.1, -0.05) is 19.1 Å². The SMILES string of the molecule is CCCN1C[C@@H]2Oc3ccccc3C(=O)N(C)[C@@H]2C1. The first-order valence-corrected chi connectivity index (χ1v) is 6.96. The fraction of sp³-hybridized carbons (Fsp3) is 0.533. The van der Waals surface area contributed by atoms with Gasteiger partial charge in [0.05, 0.1) is 11.6 Å². The molecule has 1 aromatic carbocycles. The average molecular weight is 260 g/mol. The van der Waals surface area contributed by atoms with Gasteiger partial charge in [-0.25, -0.2) is 0 Å². The molecule has 1 fully saturated rings. The second-order valence-electron chi connectivity index (χ2n) is 5.40. The summed E-state index contributed by atoms with van der Waals surface area (Å²) in [6.45, 7) is 5.07. The molecule has 3 rings (SSSR count). The van der Waals surface area contributed by atoms with Crippen LogP contribution in [0.3, 0.4) is 0 Å². The highest BCUT2D eigenvalue weighted by Gasteiger charge is 2.41. The Hall–Kier alpha value is -1.55. The van der Waals surface area contributed by atoms with E-state index in [0.29, 0.717) is 5.56 Å². The highest BCUT2D eigenvalue weighted by atomic mass is 16.5. The molecule has 1 saturated heterocycles. The predicted octanol–water partition coefficient (Wildman–Crippen LogP) is 1.61. The standard InChI is InChI=1S/C15H20N2O2/c1-3-8-17-9-12-14(10-17)19-13-7-5-4-6-11(13)15(18)16(12)2/h4-7,12,14H,3,8-10H2,1-2H3/t12-,14+/m1/s1. The Bertz CT molecular complexity index is 489. The summed E-state index contributed by atoms with van der Waals surface area (Å²) in [6.07, 6.45) is 1.22. The molecule has 19 heavy (non-hydrogen) atoms. The van der Waals surface area contributed by atoms with Gasteiger partial charge in [0, 0.05) is 20.1 Å². The van der Waals surface area contributed by atoms with E-state index in [1.165, 1.54) is 0 Å². The van der Waals surface area contributed by atoms with Crippen LogP contribution in [0, 0.1) is 0 Å². The van der Waals surface area contributed by atoms with Crippen LogP contribution in [-0.4, -0.2) is 54.5 Å². The highest BCUT2D eigenvalue weighted by molar-refractivity contribution is 5.97. The minimum absolute atomic E-state index is 0.0708. The van der Waals surface area contributed by atoms with E-state index in [-0.39, 0.29) is 18.1 Å². The summed E-state index contributed by atoms with van der Waals surface area (Å²) in [6, 6.07) is 7.71. The summed E-state index contributed by atoms with van der Waals surface area (Å²) < 4.78 is 6.09. The number of carbonyl (C=O) groups excluding carboxylic acids is 1. The third kappa shape index (κ3) is 2.10. The van der Waals surface area contributed by atoms with Gasteiger partial charge in [0.15, 0.2) is 0 Å². The van der Waals surface area contributed by atoms with Gasteiger partial charge in [0.2, 0.25) is 0 Å². The highest BCUT2D eigenvalue weighted by Crippen LogP contribution is 2.30. The molecular formula is C15H20N2O2. The molecular weight excluding hydrogens is 240 g/mol. The first-order valence-electron chi connectivity index (χ1n) is 6.96. The number of likely N-dealkylation sites (tertiary alicyclic amines) is 1. The lowest BCUT2D eigenvalue weighted by atomic mass is 10.1. The first kappa shape index (κ1) is 12.5. The molecule has 2 aliphatic heterocycles. The molecule has 2 atom stereocenters. The second-order valence-corrected chi connectivity index (χ2v) is 5.40. The van der Waals surface area contributed by atoms with Crippen molar-refractivity contribution in [3.63, 3.8) is 0 Å². The van der Waals surface area contributed by atoms with Crippen LogP contribution in [0.1, 0.15) is 23.7 Å². The second kappa shape index (κ2) is 4.85. The minimum atomic E-state index is 0.0708. The molecule has 0 unspecified atom stereocenters. The number of ether oxygens (including phenoxy) is 1. The predicted molar refractivity (Wildman–Crippen MR) is 73.5 cm³/mol. The van der Waals surface area contributed by atoms with Crippen LogP contribution in [0.2, 0.25) is 0 Å². The number of para-hydroxylation sites is 1. The van der Waals surface area contributed by atoms with E-state index in [2.05, 4.69) is 11.8 Å². The van der Waals surface area contributed by atoms with E-state index in [9.17, 15) is 4.79 Å². The molecule has 0 radical (unpaired) electrons. The van der Waals surface area contributed by atoms with Crippen LogP contribution in [0.5, 0.6) is 5.75 Å². The first-order chi connectivity index (χ1) is 9.20. The Labute approximate surface area is 113 Å². The Morgan fingerprint density at radius 1 is 1.32 bits per heavy atom. The van der Waals surface area contributed by atoms with Crippen molar-refractivity contribution >= 4 is 5.91 Å². The fourth-order valence-corrected chi connectivity index (χ4v) is 3.07. The lowest BCUT2D eigenvalue weighted by molar-refractivity contribution is 0.0682. The monoisotopic (exact) mass is 260 g/mol. The van der Waals surface area contributed by atoms with E-state index >= 15 is 0 Å². The summed E-state index contributed by atoms with van der Waals surface area (Å²) in [4.78, 5) is 16.7. The Balaban J connectivity index is 1.91. The van der Waals surface area contributed by atoms with Crippen molar-refractivity contribution in [2.45, 2.75) is 25.5 Å².